The van der Waals surface area contributed by atoms with E-state index in [4.69, 9.17) is 16.7 Å². The molecule has 1 aromatic carbocycles. The smallest absolute Gasteiger partial charge is 0.250 e. The number of benzene rings is 1. The number of phenols is 1. The molecule has 0 fully saturated rings. The Morgan fingerprint density at radius 1 is 1.40 bits per heavy atom. The number of anilines is 1. The van der Waals surface area contributed by atoms with Crippen LogP contribution < -0.4 is 5.32 Å². The molecule has 0 aliphatic rings. The lowest BCUT2D eigenvalue weighted by atomic mass is 10.2. The molecule has 1 rings (SSSR count). The molecule has 0 atom stereocenters. The largest absolute Gasteiger partial charge is 0.508 e. The van der Waals surface area contributed by atoms with E-state index in [1.165, 1.54) is 12.1 Å². The van der Waals surface area contributed by atoms with E-state index in [1.54, 1.807) is 25.1 Å². The van der Waals surface area contributed by atoms with Crippen molar-refractivity contribution >= 4 is 23.2 Å². The summed E-state index contributed by atoms with van der Waals surface area (Å²) in [5.41, 5.74) is 1.10. The van der Waals surface area contributed by atoms with Gasteiger partial charge in [0, 0.05) is 16.3 Å². The SMILES string of the molecule is C=C(C)C(=O)Nc1ccc(O)cc1.C=C/C(Cl)=C\CC. The van der Waals surface area contributed by atoms with Gasteiger partial charge in [-0.25, -0.2) is 0 Å². The van der Waals surface area contributed by atoms with Crippen LogP contribution in [0.25, 0.3) is 0 Å². The zero-order chi connectivity index (χ0) is 15.5. The highest BCUT2D eigenvalue weighted by molar-refractivity contribution is 6.31. The molecule has 0 spiro atoms. The molecule has 0 bridgehead atoms. The predicted octanol–water partition coefficient (Wildman–Crippen LogP) is 4.61. The first kappa shape index (κ1) is 18.0. The van der Waals surface area contributed by atoms with E-state index in [0.717, 1.165) is 11.5 Å². The molecule has 0 saturated carbocycles. The minimum Gasteiger partial charge on any atom is -0.508 e. The Morgan fingerprint density at radius 2 is 1.95 bits per heavy atom. The lowest BCUT2D eigenvalue weighted by Gasteiger charge is -2.03. The number of allylic oxidation sites excluding steroid dienone is 3. The van der Waals surface area contributed by atoms with Gasteiger partial charge < -0.3 is 10.4 Å². The second-order valence-corrected chi connectivity index (χ2v) is 4.42. The third-order valence-corrected chi connectivity index (χ3v) is 2.42. The van der Waals surface area contributed by atoms with Gasteiger partial charge >= 0.3 is 0 Å². The zero-order valence-corrected chi connectivity index (χ0v) is 12.6. The van der Waals surface area contributed by atoms with Crippen molar-refractivity contribution in [3.8, 4) is 5.75 Å². The maximum Gasteiger partial charge on any atom is 0.250 e. The molecular formula is C16H20ClNO2. The maximum absolute atomic E-state index is 11.1. The summed E-state index contributed by atoms with van der Waals surface area (Å²) in [6.07, 6.45) is 4.52. The van der Waals surface area contributed by atoms with Crippen LogP contribution in [-0.4, -0.2) is 11.0 Å². The number of hydrogen-bond donors (Lipinski definition) is 2. The van der Waals surface area contributed by atoms with Gasteiger partial charge in [0.1, 0.15) is 5.75 Å². The first-order valence-electron chi connectivity index (χ1n) is 6.14. The number of phenolic OH excluding ortho intramolecular Hbond substituents is 1. The van der Waals surface area contributed by atoms with Crippen molar-refractivity contribution < 1.29 is 9.90 Å². The Balaban J connectivity index is 0.000000441. The third kappa shape index (κ3) is 8.16. The van der Waals surface area contributed by atoms with Crippen LogP contribution in [0.2, 0.25) is 0 Å². The van der Waals surface area contributed by atoms with Crippen LogP contribution in [0.1, 0.15) is 20.3 Å². The molecule has 0 aromatic heterocycles. The fourth-order valence-corrected chi connectivity index (χ4v) is 1.22. The Hall–Kier alpha value is -2.00. The molecule has 0 heterocycles. The number of amides is 1. The van der Waals surface area contributed by atoms with E-state index >= 15 is 0 Å². The van der Waals surface area contributed by atoms with Crippen molar-refractivity contribution in [2.75, 3.05) is 5.32 Å². The second-order valence-electron chi connectivity index (χ2n) is 3.98. The van der Waals surface area contributed by atoms with Gasteiger partial charge in [-0.1, -0.05) is 43.8 Å². The summed E-state index contributed by atoms with van der Waals surface area (Å²) in [7, 11) is 0. The van der Waals surface area contributed by atoms with E-state index in [0.29, 0.717) is 11.3 Å². The average Bonchev–Trinajstić information content (AvgIpc) is 2.42. The van der Waals surface area contributed by atoms with Crippen molar-refractivity contribution in [2.24, 2.45) is 0 Å². The van der Waals surface area contributed by atoms with Crippen molar-refractivity contribution in [1.29, 1.82) is 0 Å². The first-order chi connectivity index (χ1) is 9.40. The van der Waals surface area contributed by atoms with Crippen LogP contribution in [0.3, 0.4) is 0 Å². The summed E-state index contributed by atoms with van der Waals surface area (Å²) in [6.45, 7) is 10.7. The lowest BCUT2D eigenvalue weighted by Crippen LogP contribution is -2.11. The molecule has 20 heavy (non-hydrogen) atoms. The first-order valence-corrected chi connectivity index (χ1v) is 6.52. The number of carbonyl (C=O) groups is 1. The van der Waals surface area contributed by atoms with Crippen LogP contribution in [0.4, 0.5) is 5.69 Å². The highest BCUT2D eigenvalue weighted by Crippen LogP contribution is 2.13. The van der Waals surface area contributed by atoms with Gasteiger partial charge in [-0.2, -0.15) is 0 Å². The molecule has 4 heteroatoms. The Labute approximate surface area is 125 Å². The molecule has 108 valence electrons. The highest BCUT2D eigenvalue weighted by Gasteiger charge is 2.01. The third-order valence-electron chi connectivity index (χ3n) is 2.11. The molecule has 2 N–H and O–H groups in total. The van der Waals surface area contributed by atoms with Gasteiger partial charge in [0.2, 0.25) is 0 Å². The minimum absolute atomic E-state index is 0.174. The van der Waals surface area contributed by atoms with E-state index in [1.807, 2.05) is 13.0 Å². The average molecular weight is 294 g/mol. The fourth-order valence-electron chi connectivity index (χ4n) is 1.06. The van der Waals surface area contributed by atoms with E-state index in [9.17, 15) is 4.79 Å². The van der Waals surface area contributed by atoms with Crippen LogP contribution in [0.15, 0.2) is 60.2 Å². The van der Waals surface area contributed by atoms with Crippen molar-refractivity contribution in [3.05, 3.63) is 60.2 Å². The maximum atomic E-state index is 11.1. The van der Waals surface area contributed by atoms with Crippen LogP contribution in [0, 0.1) is 0 Å². The van der Waals surface area contributed by atoms with Gasteiger partial charge in [0.05, 0.1) is 0 Å². The van der Waals surface area contributed by atoms with Crippen molar-refractivity contribution in [3.63, 3.8) is 0 Å². The van der Waals surface area contributed by atoms with Gasteiger partial charge in [-0.3, -0.25) is 4.79 Å². The van der Waals surface area contributed by atoms with Crippen LogP contribution in [-0.2, 0) is 4.79 Å². The summed E-state index contributed by atoms with van der Waals surface area (Å²) in [6, 6.07) is 6.26. The zero-order valence-electron chi connectivity index (χ0n) is 11.8. The summed E-state index contributed by atoms with van der Waals surface area (Å²) in [5.74, 6) is -0.0426. The van der Waals surface area contributed by atoms with E-state index in [2.05, 4.69) is 18.5 Å². The molecule has 0 saturated heterocycles. The number of hydrogen-bond acceptors (Lipinski definition) is 2. The number of rotatable bonds is 4. The van der Waals surface area contributed by atoms with E-state index in [-0.39, 0.29) is 11.7 Å². The monoisotopic (exact) mass is 293 g/mol. The summed E-state index contributed by atoms with van der Waals surface area (Å²) >= 11 is 5.51. The minimum atomic E-state index is -0.217. The molecule has 0 radical (unpaired) electrons. The standard InChI is InChI=1S/C10H11NO2.C6H9Cl/c1-7(2)10(13)11-8-3-5-9(12)6-4-8;1-3-5-6(7)4-2/h3-6,12H,1H2,2H3,(H,11,13);4-5H,2-3H2,1H3/b;6-5+. The summed E-state index contributed by atoms with van der Waals surface area (Å²) in [5, 5.41) is 12.3. The topological polar surface area (TPSA) is 49.3 Å². The van der Waals surface area contributed by atoms with Gasteiger partial charge in [0.15, 0.2) is 0 Å². The highest BCUT2D eigenvalue weighted by atomic mass is 35.5. The van der Waals surface area contributed by atoms with Gasteiger partial charge in [0.25, 0.3) is 5.91 Å². The molecule has 0 aliphatic heterocycles. The number of halogens is 1. The lowest BCUT2D eigenvalue weighted by molar-refractivity contribution is -0.112. The Bertz CT molecular complexity index is 490. The van der Waals surface area contributed by atoms with Crippen molar-refractivity contribution in [2.45, 2.75) is 20.3 Å². The molecule has 1 aromatic rings. The number of carbonyl (C=O) groups excluding carboxylic acids is 1. The van der Waals surface area contributed by atoms with Crippen LogP contribution in [0.5, 0.6) is 5.75 Å². The normalized spacial score (nSPS) is 10.1. The fraction of sp³-hybridized carbons (Fsp3) is 0.188. The molecule has 0 aliphatic carbocycles. The Morgan fingerprint density at radius 3 is 2.30 bits per heavy atom. The van der Waals surface area contributed by atoms with Crippen molar-refractivity contribution in [1.82, 2.24) is 0 Å². The predicted molar refractivity (Wildman–Crippen MR) is 86.0 cm³/mol. The molecule has 1 amide bonds. The molecule has 3 nitrogen and oxygen atoms in total. The molecular weight excluding hydrogens is 274 g/mol. The van der Waals surface area contributed by atoms with Gasteiger partial charge in [-0.05, 0) is 37.6 Å². The summed E-state index contributed by atoms with van der Waals surface area (Å²) < 4.78 is 0. The van der Waals surface area contributed by atoms with E-state index < -0.39 is 0 Å². The quantitative estimate of drug-likeness (QED) is 0.484. The van der Waals surface area contributed by atoms with Gasteiger partial charge in [-0.15, -0.1) is 0 Å². The Kier molecular flexibility index (Phi) is 8.88. The number of aromatic hydroxyl groups is 1. The second kappa shape index (κ2) is 9.87. The number of nitrogens with one attached hydrogen (secondary N) is 1. The summed E-state index contributed by atoms with van der Waals surface area (Å²) in [4.78, 5) is 11.1. The van der Waals surface area contributed by atoms with Crippen LogP contribution >= 0.6 is 11.6 Å². The molecule has 0 unspecified atom stereocenters.